The van der Waals surface area contributed by atoms with Crippen LogP contribution in [0.15, 0.2) is 0 Å². The van der Waals surface area contributed by atoms with E-state index in [0.717, 1.165) is 11.9 Å². The lowest BCUT2D eigenvalue weighted by Gasteiger charge is -1.98. The van der Waals surface area contributed by atoms with Gasteiger partial charge >= 0.3 is 0 Å². The van der Waals surface area contributed by atoms with Crippen LogP contribution in [0.25, 0.3) is 0 Å². The zero-order chi connectivity index (χ0) is 7.11. The number of alkyl halides is 1. The van der Waals surface area contributed by atoms with Gasteiger partial charge in [0.05, 0.1) is 5.75 Å². The molecular formula is C5H10BrNOS. The van der Waals surface area contributed by atoms with Crippen LogP contribution in [-0.4, -0.2) is 29.8 Å². The number of amides is 1. The molecule has 0 aliphatic heterocycles. The van der Waals surface area contributed by atoms with Crippen LogP contribution in [0.2, 0.25) is 0 Å². The summed E-state index contributed by atoms with van der Waals surface area (Å²) in [6.07, 6.45) is 1.91. The van der Waals surface area contributed by atoms with Gasteiger partial charge in [-0.15, -0.1) is 0 Å². The van der Waals surface area contributed by atoms with Gasteiger partial charge in [-0.2, -0.15) is 11.8 Å². The number of halogens is 1. The van der Waals surface area contributed by atoms with Crippen molar-refractivity contribution in [2.75, 3.05) is 23.9 Å². The molecule has 0 saturated heterocycles. The van der Waals surface area contributed by atoms with Crippen molar-refractivity contribution >= 4 is 33.6 Å². The first-order valence-corrected chi connectivity index (χ1v) is 5.14. The van der Waals surface area contributed by atoms with Gasteiger partial charge in [-0.05, 0) is 6.26 Å². The Kier molecular flexibility index (Phi) is 6.63. The molecule has 0 unspecified atom stereocenters. The van der Waals surface area contributed by atoms with Crippen LogP contribution in [0.1, 0.15) is 0 Å². The third-order valence-corrected chi connectivity index (χ3v) is 1.64. The van der Waals surface area contributed by atoms with Crippen LogP contribution < -0.4 is 5.32 Å². The summed E-state index contributed by atoms with van der Waals surface area (Å²) in [5.74, 6) is 0.675. The molecule has 1 N–H and O–H groups in total. The number of carbonyl (C=O) groups excluding carboxylic acids is 1. The summed E-state index contributed by atoms with van der Waals surface area (Å²) in [7, 11) is 0. The van der Waals surface area contributed by atoms with Crippen LogP contribution in [0.4, 0.5) is 0 Å². The lowest BCUT2D eigenvalue weighted by molar-refractivity contribution is -0.118. The lowest BCUT2D eigenvalue weighted by Crippen LogP contribution is -2.26. The minimum absolute atomic E-state index is 0.113. The molecule has 0 spiro atoms. The van der Waals surface area contributed by atoms with Crippen molar-refractivity contribution in [2.45, 2.75) is 0 Å². The molecule has 54 valence electrons. The van der Waals surface area contributed by atoms with Crippen LogP contribution in [0.5, 0.6) is 0 Å². The second-order valence-electron chi connectivity index (χ2n) is 1.47. The molecule has 0 heterocycles. The van der Waals surface area contributed by atoms with Crippen LogP contribution in [0, 0.1) is 0 Å². The Labute approximate surface area is 67.9 Å². The molecule has 2 nitrogen and oxygen atoms in total. The second kappa shape index (κ2) is 6.42. The summed E-state index contributed by atoms with van der Waals surface area (Å²) in [5.41, 5.74) is 0. The summed E-state index contributed by atoms with van der Waals surface area (Å²) in [6, 6.07) is 0. The van der Waals surface area contributed by atoms with E-state index in [1.807, 2.05) is 6.26 Å². The van der Waals surface area contributed by atoms with Crippen molar-refractivity contribution in [1.29, 1.82) is 0 Å². The van der Waals surface area contributed by atoms with Gasteiger partial charge in [0.1, 0.15) is 0 Å². The molecule has 0 fully saturated rings. The van der Waals surface area contributed by atoms with E-state index in [2.05, 4.69) is 21.2 Å². The number of carbonyl (C=O) groups is 1. The molecule has 0 aromatic heterocycles. The maximum atomic E-state index is 10.6. The highest BCUT2D eigenvalue weighted by molar-refractivity contribution is 9.09. The van der Waals surface area contributed by atoms with E-state index in [-0.39, 0.29) is 5.91 Å². The fourth-order valence-electron chi connectivity index (χ4n) is 0.369. The summed E-state index contributed by atoms with van der Waals surface area (Å²) < 4.78 is 0. The maximum Gasteiger partial charge on any atom is 0.230 e. The molecule has 0 saturated carbocycles. The van der Waals surface area contributed by atoms with E-state index < -0.39 is 0 Å². The van der Waals surface area contributed by atoms with Crippen molar-refractivity contribution in [3.8, 4) is 0 Å². The van der Waals surface area contributed by atoms with Gasteiger partial charge in [-0.25, -0.2) is 0 Å². The highest BCUT2D eigenvalue weighted by atomic mass is 79.9. The topological polar surface area (TPSA) is 29.1 Å². The third kappa shape index (κ3) is 6.18. The monoisotopic (exact) mass is 211 g/mol. The zero-order valence-corrected chi connectivity index (χ0v) is 7.72. The second-order valence-corrected chi connectivity index (χ2v) is 3.13. The van der Waals surface area contributed by atoms with E-state index in [9.17, 15) is 4.79 Å². The van der Waals surface area contributed by atoms with Crippen molar-refractivity contribution in [3.63, 3.8) is 0 Å². The fraction of sp³-hybridized carbons (Fsp3) is 0.800. The van der Waals surface area contributed by atoms with E-state index in [0.29, 0.717) is 5.75 Å². The van der Waals surface area contributed by atoms with Crippen LogP contribution in [0.3, 0.4) is 0 Å². The van der Waals surface area contributed by atoms with Crippen LogP contribution in [-0.2, 0) is 4.79 Å². The Bertz CT molecular complexity index is 89.0. The van der Waals surface area contributed by atoms with Gasteiger partial charge in [0.25, 0.3) is 0 Å². The number of rotatable bonds is 4. The van der Waals surface area contributed by atoms with Crippen molar-refractivity contribution in [3.05, 3.63) is 0 Å². The molecule has 0 aliphatic carbocycles. The molecule has 0 rings (SSSR count). The van der Waals surface area contributed by atoms with Gasteiger partial charge in [0.2, 0.25) is 5.91 Å². The summed E-state index contributed by atoms with van der Waals surface area (Å²) >= 11 is 4.74. The predicted octanol–water partition coefficient (Wildman–Crippen LogP) is 0.861. The Balaban J connectivity index is 3.06. The van der Waals surface area contributed by atoms with E-state index in [1.165, 1.54) is 11.8 Å². The quantitative estimate of drug-likeness (QED) is 0.700. The maximum absolute atomic E-state index is 10.6. The Hall–Kier alpha value is 0.300. The van der Waals surface area contributed by atoms with Crippen molar-refractivity contribution in [1.82, 2.24) is 5.32 Å². The molecule has 1 amide bonds. The predicted molar refractivity (Wildman–Crippen MR) is 45.2 cm³/mol. The minimum atomic E-state index is 0.113. The molecule has 0 aromatic rings. The third-order valence-electron chi connectivity index (χ3n) is 0.692. The number of hydrogen-bond donors (Lipinski definition) is 1. The van der Waals surface area contributed by atoms with E-state index in [4.69, 9.17) is 0 Å². The van der Waals surface area contributed by atoms with Crippen molar-refractivity contribution in [2.24, 2.45) is 0 Å². The smallest absolute Gasteiger partial charge is 0.230 e. The highest BCUT2D eigenvalue weighted by Crippen LogP contribution is 1.88. The largest absolute Gasteiger partial charge is 0.355 e. The van der Waals surface area contributed by atoms with Crippen molar-refractivity contribution < 1.29 is 4.79 Å². The lowest BCUT2D eigenvalue weighted by atomic mass is 10.6. The average Bonchev–Trinajstić information content (AvgIpc) is 1.85. The zero-order valence-electron chi connectivity index (χ0n) is 5.32. The number of hydrogen-bond acceptors (Lipinski definition) is 2. The molecule has 0 aliphatic rings. The van der Waals surface area contributed by atoms with Gasteiger partial charge in [-0.3, -0.25) is 4.79 Å². The first kappa shape index (κ1) is 9.30. The SMILES string of the molecule is CSCC(=O)NCCBr. The van der Waals surface area contributed by atoms with Gasteiger partial charge in [0, 0.05) is 11.9 Å². The van der Waals surface area contributed by atoms with E-state index >= 15 is 0 Å². The number of nitrogens with one attached hydrogen (secondary N) is 1. The van der Waals surface area contributed by atoms with Gasteiger partial charge < -0.3 is 5.32 Å². The normalized spacial score (nSPS) is 9.11. The van der Waals surface area contributed by atoms with Gasteiger partial charge in [-0.1, -0.05) is 15.9 Å². The first-order chi connectivity index (χ1) is 4.31. The average molecular weight is 212 g/mol. The molecule has 0 aromatic carbocycles. The molecule has 0 bridgehead atoms. The Morgan fingerprint density at radius 3 is 2.89 bits per heavy atom. The summed E-state index contributed by atoms with van der Waals surface area (Å²) in [6.45, 7) is 0.722. The van der Waals surface area contributed by atoms with Gasteiger partial charge in [0.15, 0.2) is 0 Å². The summed E-state index contributed by atoms with van der Waals surface area (Å²) in [5, 5.41) is 3.55. The molecular weight excluding hydrogens is 202 g/mol. The molecule has 9 heavy (non-hydrogen) atoms. The molecule has 4 heteroatoms. The Morgan fingerprint density at radius 1 is 1.78 bits per heavy atom. The summed E-state index contributed by atoms with van der Waals surface area (Å²) in [4.78, 5) is 10.6. The number of thioether (sulfide) groups is 1. The first-order valence-electron chi connectivity index (χ1n) is 2.63. The van der Waals surface area contributed by atoms with E-state index in [1.54, 1.807) is 0 Å². The fourth-order valence-corrected chi connectivity index (χ4v) is 0.931. The molecule has 0 atom stereocenters. The standard InChI is InChI=1S/C5H10BrNOS/c1-9-4-5(8)7-3-2-6/h2-4H2,1H3,(H,7,8). The van der Waals surface area contributed by atoms with Crippen LogP contribution >= 0.6 is 27.7 Å². The Morgan fingerprint density at radius 2 is 2.44 bits per heavy atom. The highest BCUT2D eigenvalue weighted by Gasteiger charge is 1.95. The molecule has 0 radical (unpaired) electrons. The minimum Gasteiger partial charge on any atom is -0.355 e.